The van der Waals surface area contributed by atoms with Crippen LogP contribution in [0.15, 0.2) is 30.3 Å². The number of aryl methyl sites for hydroxylation is 1. The molecule has 2 aromatic rings. The lowest BCUT2D eigenvalue weighted by molar-refractivity contribution is -0.131. The molecule has 0 spiro atoms. The number of nitrogens with zero attached hydrogens (tertiary/aromatic N) is 6. The zero-order chi connectivity index (χ0) is 24.4. The molecular weight excluding hydrogens is 444 g/mol. The van der Waals surface area contributed by atoms with Crippen molar-refractivity contribution in [2.45, 2.75) is 39.0 Å². The van der Waals surface area contributed by atoms with Crippen molar-refractivity contribution in [1.82, 2.24) is 19.8 Å². The lowest BCUT2D eigenvalue weighted by Crippen LogP contribution is -2.49. The van der Waals surface area contributed by atoms with Gasteiger partial charge in [0.15, 0.2) is 0 Å². The molecule has 9 nitrogen and oxygen atoms in total. The van der Waals surface area contributed by atoms with E-state index in [1.165, 1.54) is 24.2 Å². The van der Waals surface area contributed by atoms with Gasteiger partial charge in [-0.05, 0) is 44.7 Å². The number of hydrogen-bond donors (Lipinski definition) is 0. The number of anilines is 2. The second-order valence-electron chi connectivity index (χ2n) is 9.46. The maximum absolute atomic E-state index is 12.8. The minimum absolute atomic E-state index is 0.0640. The van der Waals surface area contributed by atoms with Gasteiger partial charge >= 0.3 is 0 Å². The maximum Gasteiger partial charge on any atom is 0.261 e. The number of hydrogen-bond acceptors (Lipinski definition) is 7. The van der Waals surface area contributed by atoms with Crippen LogP contribution in [0.25, 0.3) is 0 Å². The molecule has 3 aliphatic rings. The fourth-order valence-electron chi connectivity index (χ4n) is 5.16. The highest BCUT2D eigenvalue weighted by atomic mass is 16.2. The van der Waals surface area contributed by atoms with Crippen LogP contribution in [0.4, 0.5) is 11.6 Å². The van der Waals surface area contributed by atoms with Crippen LogP contribution in [0.3, 0.4) is 0 Å². The van der Waals surface area contributed by atoms with Crippen molar-refractivity contribution >= 4 is 29.4 Å². The van der Waals surface area contributed by atoms with Crippen molar-refractivity contribution in [2.75, 3.05) is 55.6 Å². The van der Waals surface area contributed by atoms with Crippen molar-refractivity contribution in [3.05, 3.63) is 47.3 Å². The number of carbonyl (C=O) groups excluding carboxylic acids is 3. The second kappa shape index (κ2) is 10.0. The molecule has 1 aromatic heterocycles. The Balaban J connectivity index is 1.11. The minimum atomic E-state index is -0.268. The summed E-state index contributed by atoms with van der Waals surface area (Å²) in [6.07, 6.45) is 4.47. The minimum Gasteiger partial charge on any atom is -0.356 e. The van der Waals surface area contributed by atoms with Crippen LogP contribution in [-0.4, -0.2) is 83.3 Å². The topological polar surface area (TPSA) is 90.0 Å². The lowest BCUT2D eigenvalue weighted by atomic mass is 10.1. The molecule has 0 saturated carbocycles. The van der Waals surface area contributed by atoms with Crippen LogP contribution >= 0.6 is 0 Å². The van der Waals surface area contributed by atoms with Gasteiger partial charge in [-0.3, -0.25) is 19.3 Å². The Bertz CT molecular complexity index is 1090. The zero-order valence-corrected chi connectivity index (χ0v) is 20.3. The molecule has 3 amide bonds. The van der Waals surface area contributed by atoms with Crippen LogP contribution in [0.1, 0.15) is 58.6 Å². The highest BCUT2D eigenvalue weighted by molar-refractivity contribution is 6.21. The van der Waals surface area contributed by atoms with E-state index >= 15 is 0 Å². The fraction of sp³-hybridized carbons (Fsp3) is 0.500. The van der Waals surface area contributed by atoms with Crippen molar-refractivity contribution in [2.24, 2.45) is 0 Å². The second-order valence-corrected chi connectivity index (χ2v) is 9.46. The number of piperidine rings is 1. The molecule has 4 heterocycles. The number of amides is 3. The first-order valence-electron chi connectivity index (χ1n) is 12.6. The summed E-state index contributed by atoms with van der Waals surface area (Å²) in [7, 11) is 0. The molecule has 0 aliphatic carbocycles. The standard InChI is InChI=1S/C26H32N6O3/c1-19-27-22(29-11-5-2-6-12-29)18-23(28-19)30-14-16-31(17-15-30)24(33)10-7-13-32-25(34)20-8-3-4-9-21(20)26(32)35/h3-4,8-9,18H,2,5-7,10-17H2,1H3. The Morgan fingerprint density at radius 1 is 0.829 bits per heavy atom. The smallest absolute Gasteiger partial charge is 0.261 e. The molecule has 0 bridgehead atoms. The summed E-state index contributed by atoms with van der Waals surface area (Å²) in [6, 6.07) is 8.95. The van der Waals surface area contributed by atoms with E-state index in [1.807, 2.05) is 11.8 Å². The lowest BCUT2D eigenvalue weighted by Gasteiger charge is -2.36. The number of imide groups is 1. The Morgan fingerprint density at radius 3 is 2.00 bits per heavy atom. The van der Waals surface area contributed by atoms with Gasteiger partial charge < -0.3 is 14.7 Å². The van der Waals surface area contributed by atoms with Gasteiger partial charge in [-0.2, -0.15) is 0 Å². The average Bonchev–Trinajstić information content (AvgIpc) is 3.14. The summed E-state index contributed by atoms with van der Waals surface area (Å²) in [5, 5.41) is 0. The highest BCUT2D eigenvalue weighted by Crippen LogP contribution is 2.24. The first-order chi connectivity index (χ1) is 17.0. The molecule has 2 saturated heterocycles. The summed E-state index contributed by atoms with van der Waals surface area (Å²) in [6.45, 7) is 6.99. The molecule has 9 heteroatoms. The summed E-state index contributed by atoms with van der Waals surface area (Å²) in [4.78, 5) is 54.8. The van der Waals surface area contributed by atoms with Gasteiger partial charge in [0.1, 0.15) is 17.5 Å². The van der Waals surface area contributed by atoms with Gasteiger partial charge in [0.2, 0.25) is 5.91 Å². The third kappa shape index (κ3) is 4.85. The van der Waals surface area contributed by atoms with Crippen LogP contribution in [0, 0.1) is 6.92 Å². The number of rotatable bonds is 6. The van der Waals surface area contributed by atoms with E-state index in [0.717, 1.165) is 43.6 Å². The predicted molar refractivity (Wildman–Crippen MR) is 133 cm³/mol. The van der Waals surface area contributed by atoms with Gasteiger partial charge in [-0.15, -0.1) is 0 Å². The summed E-state index contributed by atoms with van der Waals surface area (Å²) >= 11 is 0. The molecule has 0 unspecified atom stereocenters. The normalized spacial score (nSPS) is 18.3. The van der Waals surface area contributed by atoms with E-state index in [0.29, 0.717) is 37.1 Å². The maximum atomic E-state index is 12.8. The molecule has 5 rings (SSSR count). The monoisotopic (exact) mass is 476 g/mol. The quantitative estimate of drug-likeness (QED) is 0.592. The first-order valence-corrected chi connectivity index (χ1v) is 12.6. The average molecular weight is 477 g/mol. The van der Waals surface area contributed by atoms with E-state index < -0.39 is 0 Å². The van der Waals surface area contributed by atoms with Crippen molar-refractivity contribution in [1.29, 1.82) is 0 Å². The van der Waals surface area contributed by atoms with E-state index in [4.69, 9.17) is 0 Å². The molecule has 0 radical (unpaired) electrons. The van der Waals surface area contributed by atoms with Crippen LogP contribution < -0.4 is 9.80 Å². The number of carbonyl (C=O) groups is 3. The van der Waals surface area contributed by atoms with E-state index in [-0.39, 0.29) is 24.3 Å². The summed E-state index contributed by atoms with van der Waals surface area (Å²) in [5.41, 5.74) is 0.895. The fourth-order valence-corrected chi connectivity index (χ4v) is 5.16. The molecule has 0 N–H and O–H groups in total. The molecule has 0 atom stereocenters. The Labute approximate surface area is 205 Å². The van der Waals surface area contributed by atoms with Gasteiger partial charge in [0.25, 0.3) is 11.8 Å². The predicted octanol–water partition coefficient (Wildman–Crippen LogP) is 2.50. The molecule has 3 aliphatic heterocycles. The number of fused-ring (bicyclic) bond motifs is 1. The highest BCUT2D eigenvalue weighted by Gasteiger charge is 2.34. The molecule has 2 fully saturated rings. The van der Waals surface area contributed by atoms with Crippen molar-refractivity contribution < 1.29 is 14.4 Å². The molecule has 35 heavy (non-hydrogen) atoms. The van der Waals surface area contributed by atoms with Crippen LogP contribution in [-0.2, 0) is 4.79 Å². The van der Waals surface area contributed by atoms with Gasteiger partial charge in [0, 0.05) is 58.3 Å². The summed E-state index contributed by atoms with van der Waals surface area (Å²) < 4.78 is 0. The van der Waals surface area contributed by atoms with Crippen LogP contribution in [0.2, 0.25) is 0 Å². The summed E-state index contributed by atoms with van der Waals surface area (Å²) in [5.74, 6) is 2.23. The van der Waals surface area contributed by atoms with Gasteiger partial charge in [-0.1, -0.05) is 12.1 Å². The van der Waals surface area contributed by atoms with Crippen LogP contribution in [0.5, 0.6) is 0 Å². The molecule has 1 aromatic carbocycles. The van der Waals surface area contributed by atoms with E-state index in [9.17, 15) is 14.4 Å². The van der Waals surface area contributed by atoms with E-state index in [2.05, 4.69) is 25.8 Å². The number of piperazine rings is 1. The molecule has 184 valence electrons. The van der Waals surface area contributed by atoms with Crippen molar-refractivity contribution in [3.63, 3.8) is 0 Å². The third-order valence-corrected chi connectivity index (χ3v) is 7.10. The first kappa shape index (κ1) is 23.3. The molecular formula is C26H32N6O3. The number of aromatic nitrogens is 2. The van der Waals surface area contributed by atoms with E-state index in [1.54, 1.807) is 24.3 Å². The van der Waals surface area contributed by atoms with Gasteiger partial charge in [-0.25, -0.2) is 9.97 Å². The Hall–Kier alpha value is -3.49. The zero-order valence-electron chi connectivity index (χ0n) is 20.3. The third-order valence-electron chi connectivity index (χ3n) is 7.10. The van der Waals surface area contributed by atoms with Gasteiger partial charge in [0.05, 0.1) is 11.1 Å². The Kier molecular flexibility index (Phi) is 6.66. The van der Waals surface area contributed by atoms with Crippen molar-refractivity contribution in [3.8, 4) is 0 Å². The largest absolute Gasteiger partial charge is 0.356 e. The SMILES string of the molecule is Cc1nc(N2CCCCC2)cc(N2CCN(C(=O)CCCN3C(=O)c4ccccc4C3=O)CC2)n1. The Morgan fingerprint density at radius 2 is 1.40 bits per heavy atom. The number of benzene rings is 1.